The van der Waals surface area contributed by atoms with Crippen molar-refractivity contribution in [2.45, 2.75) is 19.8 Å². The first-order chi connectivity index (χ1) is 11.7. The van der Waals surface area contributed by atoms with Crippen LogP contribution in [0.5, 0.6) is 0 Å². The average Bonchev–Trinajstić information content (AvgIpc) is 2.58. The van der Waals surface area contributed by atoms with E-state index in [0.29, 0.717) is 72.6 Å². The van der Waals surface area contributed by atoms with Crippen molar-refractivity contribution in [3.8, 4) is 0 Å². The smallest absolute Gasteiger partial charge is 0.306 e. The molecule has 0 aromatic rings. The topological polar surface area (TPSA) is 83.5 Å². The van der Waals surface area contributed by atoms with Crippen LogP contribution in [0.2, 0.25) is 0 Å². The summed E-state index contributed by atoms with van der Waals surface area (Å²) in [6.45, 7) is 6.83. The third-order valence-electron chi connectivity index (χ3n) is 3.33. The molecule has 8 nitrogen and oxygen atoms in total. The monoisotopic (exact) mass is 347 g/mol. The molecule has 0 unspecified atom stereocenters. The van der Waals surface area contributed by atoms with Gasteiger partial charge in [-0.15, -0.1) is 0 Å². The zero-order chi connectivity index (χ0) is 17.5. The Morgan fingerprint density at radius 2 is 1.25 bits per heavy atom. The molecule has 1 amide bonds. The Morgan fingerprint density at radius 3 is 1.71 bits per heavy atom. The van der Waals surface area contributed by atoms with E-state index in [1.165, 1.54) is 0 Å². The summed E-state index contributed by atoms with van der Waals surface area (Å²) in [5, 5.41) is 0. The van der Waals surface area contributed by atoms with Gasteiger partial charge in [0.05, 0.1) is 65.9 Å². The lowest BCUT2D eigenvalue weighted by Gasteiger charge is -2.22. The molecular weight excluding hydrogens is 318 g/mol. The van der Waals surface area contributed by atoms with Crippen LogP contribution in [0, 0.1) is 0 Å². The summed E-state index contributed by atoms with van der Waals surface area (Å²) < 4.78 is 26.5. The second-order valence-electron chi connectivity index (χ2n) is 5.14. The Labute approximate surface area is 143 Å². The standard InChI is InChI=1S/C16H29NO7/c1-2-24-16(19)4-3-15(18)17-5-7-20-9-11-22-13-14-23-12-10-21-8-6-17/h2-14H2,1H3. The van der Waals surface area contributed by atoms with Gasteiger partial charge < -0.3 is 28.6 Å². The maximum Gasteiger partial charge on any atom is 0.306 e. The second kappa shape index (κ2) is 14.2. The Hall–Kier alpha value is -1.22. The van der Waals surface area contributed by atoms with E-state index in [4.69, 9.17) is 23.7 Å². The average molecular weight is 347 g/mol. The van der Waals surface area contributed by atoms with Gasteiger partial charge in [-0.25, -0.2) is 0 Å². The molecule has 0 aromatic heterocycles. The van der Waals surface area contributed by atoms with Gasteiger partial charge in [-0.3, -0.25) is 9.59 Å². The molecular formula is C16H29NO7. The summed E-state index contributed by atoms with van der Waals surface area (Å²) in [4.78, 5) is 25.3. The van der Waals surface area contributed by atoms with Crippen LogP contribution in [0.15, 0.2) is 0 Å². The highest BCUT2D eigenvalue weighted by atomic mass is 16.6. The molecule has 24 heavy (non-hydrogen) atoms. The molecule has 140 valence electrons. The summed E-state index contributed by atoms with van der Waals surface area (Å²) in [7, 11) is 0. The molecule has 0 N–H and O–H groups in total. The molecule has 0 radical (unpaired) electrons. The maximum absolute atomic E-state index is 12.3. The number of hydrogen-bond acceptors (Lipinski definition) is 7. The van der Waals surface area contributed by atoms with Crippen molar-refractivity contribution in [2.24, 2.45) is 0 Å². The molecule has 1 rings (SSSR count). The number of carbonyl (C=O) groups is 2. The summed E-state index contributed by atoms with van der Waals surface area (Å²) in [5.41, 5.74) is 0. The molecule has 1 aliphatic heterocycles. The van der Waals surface area contributed by atoms with E-state index in [1.807, 2.05) is 0 Å². The van der Waals surface area contributed by atoms with Gasteiger partial charge >= 0.3 is 5.97 Å². The fourth-order valence-corrected chi connectivity index (χ4v) is 2.07. The minimum atomic E-state index is -0.356. The third kappa shape index (κ3) is 10.5. The number of nitrogens with zero attached hydrogens (tertiary/aromatic N) is 1. The van der Waals surface area contributed by atoms with Crippen molar-refractivity contribution in [1.82, 2.24) is 4.90 Å². The van der Waals surface area contributed by atoms with Crippen molar-refractivity contribution < 1.29 is 33.3 Å². The van der Waals surface area contributed by atoms with Crippen LogP contribution in [-0.4, -0.2) is 89.3 Å². The van der Waals surface area contributed by atoms with Gasteiger partial charge in [0.1, 0.15) is 0 Å². The van der Waals surface area contributed by atoms with Gasteiger partial charge in [-0.2, -0.15) is 0 Å². The molecule has 8 heteroatoms. The van der Waals surface area contributed by atoms with Gasteiger partial charge in [-0.1, -0.05) is 0 Å². The summed E-state index contributed by atoms with van der Waals surface area (Å²) in [5.74, 6) is -0.460. The van der Waals surface area contributed by atoms with Crippen molar-refractivity contribution >= 4 is 11.9 Å². The van der Waals surface area contributed by atoms with E-state index >= 15 is 0 Å². The number of hydrogen-bond donors (Lipinski definition) is 0. The molecule has 0 spiro atoms. The highest BCUT2D eigenvalue weighted by Gasteiger charge is 2.15. The van der Waals surface area contributed by atoms with Crippen LogP contribution in [0.1, 0.15) is 19.8 Å². The predicted octanol–water partition coefficient (Wildman–Crippen LogP) is 0.238. The van der Waals surface area contributed by atoms with Gasteiger partial charge in [0.15, 0.2) is 0 Å². The predicted molar refractivity (Wildman–Crippen MR) is 85.7 cm³/mol. The molecule has 1 aliphatic rings. The van der Waals surface area contributed by atoms with Crippen LogP contribution >= 0.6 is 0 Å². The summed E-state index contributed by atoms with van der Waals surface area (Å²) >= 11 is 0. The van der Waals surface area contributed by atoms with E-state index in [1.54, 1.807) is 11.8 Å². The summed E-state index contributed by atoms with van der Waals surface area (Å²) in [6.07, 6.45) is 0.220. The number of esters is 1. The maximum atomic E-state index is 12.3. The van der Waals surface area contributed by atoms with E-state index < -0.39 is 0 Å². The Morgan fingerprint density at radius 1 is 0.792 bits per heavy atom. The fourth-order valence-electron chi connectivity index (χ4n) is 2.07. The highest BCUT2D eigenvalue weighted by Crippen LogP contribution is 2.01. The summed E-state index contributed by atoms with van der Waals surface area (Å²) in [6, 6.07) is 0. The van der Waals surface area contributed by atoms with Crippen LogP contribution < -0.4 is 0 Å². The molecule has 0 aromatic carbocycles. The van der Waals surface area contributed by atoms with E-state index in [2.05, 4.69) is 0 Å². The van der Waals surface area contributed by atoms with Crippen molar-refractivity contribution in [3.63, 3.8) is 0 Å². The number of carbonyl (C=O) groups excluding carboxylic acids is 2. The van der Waals surface area contributed by atoms with Crippen LogP contribution in [0.25, 0.3) is 0 Å². The SMILES string of the molecule is CCOC(=O)CCC(=O)N1CCOCCOCCOCCOCC1. The first kappa shape index (κ1) is 20.8. The molecule has 0 saturated carbocycles. The number of ether oxygens (including phenoxy) is 5. The molecule has 1 heterocycles. The van der Waals surface area contributed by atoms with Gasteiger partial charge in [-0.05, 0) is 6.92 Å². The van der Waals surface area contributed by atoms with E-state index in [9.17, 15) is 9.59 Å². The van der Waals surface area contributed by atoms with E-state index in [-0.39, 0.29) is 24.7 Å². The Balaban J connectivity index is 2.38. The lowest BCUT2D eigenvalue weighted by Crippen LogP contribution is -2.37. The van der Waals surface area contributed by atoms with E-state index in [0.717, 1.165) is 0 Å². The van der Waals surface area contributed by atoms with Crippen LogP contribution in [0.3, 0.4) is 0 Å². The minimum absolute atomic E-state index is 0.0898. The van der Waals surface area contributed by atoms with Crippen molar-refractivity contribution in [2.75, 3.05) is 72.6 Å². The molecule has 1 fully saturated rings. The quantitative estimate of drug-likeness (QED) is 0.674. The molecule has 0 atom stereocenters. The third-order valence-corrected chi connectivity index (χ3v) is 3.33. The van der Waals surface area contributed by atoms with Crippen molar-refractivity contribution in [3.05, 3.63) is 0 Å². The van der Waals surface area contributed by atoms with Gasteiger partial charge in [0.2, 0.25) is 5.91 Å². The van der Waals surface area contributed by atoms with Crippen LogP contribution in [-0.2, 0) is 33.3 Å². The Kier molecular flexibility index (Phi) is 12.3. The van der Waals surface area contributed by atoms with Crippen LogP contribution in [0.4, 0.5) is 0 Å². The second-order valence-corrected chi connectivity index (χ2v) is 5.14. The number of amides is 1. The molecule has 0 aliphatic carbocycles. The minimum Gasteiger partial charge on any atom is -0.466 e. The first-order valence-electron chi connectivity index (χ1n) is 8.48. The lowest BCUT2D eigenvalue weighted by molar-refractivity contribution is -0.146. The number of rotatable bonds is 4. The highest BCUT2D eigenvalue weighted by molar-refractivity contribution is 5.81. The zero-order valence-electron chi connectivity index (χ0n) is 14.5. The van der Waals surface area contributed by atoms with Gasteiger partial charge in [0, 0.05) is 19.5 Å². The zero-order valence-corrected chi connectivity index (χ0v) is 14.5. The van der Waals surface area contributed by atoms with Gasteiger partial charge in [0.25, 0.3) is 0 Å². The van der Waals surface area contributed by atoms with Crippen molar-refractivity contribution in [1.29, 1.82) is 0 Å². The fraction of sp³-hybridized carbons (Fsp3) is 0.875. The lowest BCUT2D eigenvalue weighted by atomic mass is 10.2. The molecule has 0 bridgehead atoms. The molecule has 1 saturated heterocycles. The normalized spacial score (nSPS) is 19.1. The Bertz CT molecular complexity index is 335. The largest absolute Gasteiger partial charge is 0.466 e. The first-order valence-corrected chi connectivity index (χ1v) is 8.48.